The van der Waals surface area contributed by atoms with E-state index in [-0.39, 0.29) is 37.2 Å². The molecular weight excluding hydrogens is 593 g/mol. The van der Waals surface area contributed by atoms with Gasteiger partial charge in [-0.05, 0) is 41.3 Å². The van der Waals surface area contributed by atoms with Gasteiger partial charge in [-0.1, -0.05) is 93.7 Å². The lowest BCUT2D eigenvalue weighted by molar-refractivity contribution is 0.00354. The molecule has 0 fully saturated rings. The molecule has 3 aromatic carbocycles. The minimum Gasteiger partial charge on any atom is -0.459 e. The number of aromatic nitrogens is 2. The lowest BCUT2D eigenvalue weighted by Crippen LogP contribution is -2.28. The first-order valence-electron chi connectivity index (χ1n) is 11.6. The Hall–Kier alpha value is -3.17. The summed E-state index contributed by atoms with van der Waals surface area (Å²) in [6.07, 6.45) is 0. The van der Waals surface area contributed by atoms with Gasteiger partial charge in [0, 0.05) is 27.5 Å². The summed E-state index contributed by atoms with van der Waals surface area (Å²) in [6.45, 7) is 1.99. The first kappa shape index (κ1) is 27.9. The topological polar surface area (TPSA) is 93.3 Å². The van der Waals surface area contributed by atoms with Crippen LogP contribution in [-0.4, -0.2) is 22.7 Å². The number of rotatable bonds is 10. The summed E-state index contributed by atoms with van der Waals surface area (Å²) in [7, 11) is 0. The number of ether oxygens (including phenoxy) is 2. The maximum absolute atomic E-state index is 13.3. The van der Waals surface area contributed by atoms with Gasteiger partial charge in [0.2, 0.25) is 5.75 Å². The number of nitrogens with zero attached hydrogens (tertiary/aromatic N) is 1. The van der Waals surface area contributed by atoms with Crippen LogP contribution in [0.1, 0.15) is 32.7 Å². The van der Waals surface area contributed by atoms with Crippen molar-refractivity contribution in [3.05, 3.63) is 115 Å². The van der Waals surface area contributed by atoms with Crippen LogP contribution in [0.3, 0.4) is 0 Å². The summed E-state index contributed by atoms with van der Waals surface area (Å²) >= 11 is 15.8. The van der Waals surface area contributed by atoms with Crippen molar-refractivity contribution in [2.75, 3.05) is 6.79 Å². The minimum absolute atomic E-state index is 0.124. The normalized spacial score (nSPS) is 10.8. The molecule has 38 heavy (non-hydrogen) atoms. The molecule has 0 radical (unpaired) electrons. The molecule has 7 nitrogen and oxygen atoms in total. The number of halogens is 3. The van der Waals surface area contributed by atoms with E-state index in [0.29, 0.717) is 20.9 Å². The average Bonchev–Trinajstić information content (AvgIpc) is 2.93. The molecule has 1 heterocycles. The van der Waals surface area contributed by atoms with Crippen molar-refractivity contribution in [3.63, 3.8) is 0 Å². The maximum atomic E-state index is 13.3. The highest BCUT2D eigenvalue weighted by molar-refractivity contribution is 9.08. The van der Waals surface area contributed by atoms with Crippen LogP contribution in [0.4, 0.5) is 0 Å². The number of hydrogen-bond acceptors (Lipinski definition) is 5. The number of H-pyrrole nitrogens is 1. The van der Waals surface area contributed by atoms with Crippen molar-refractivity contribution in [3.8, 4) is 17.1 Å². The number of benzene rings is 3. The molecule has 10 heteroatoms. The number of carbonyl (C=O) groups is 1. The predicted octanol–water partition coefficient (Wildman–Crippen LogP) is 6.43. The van der Waals surface area contributed by atoms with Gasteiger partial charge in [0.05, 0.1) is 6.61 Å². The summed E-state index contributed by atoms with van der Waals surface area (Å²) < 4.78 is 11.2. The van der Waals surface area contributed by atoms with Gasteiger partial charge in [-0.15, -0.1) is 0 Å². The zero-order valence-corrected chi connectivity index (χ0v) is 23.5. The number of alkyl halides is 1. The van der Waals surface area contributed by atoms with Gasteiger partial charge in [-0.2, -0.15) is 0 Å². The van der Waals surface area contributed by atoms with Crippen LogP contribution in [-0.2, 0) is 23.2 Å². The maximum Gasteiger partial charge on any atom is 0.294 e. The third-order valence-corrected chi connectivity index (χ3v) is 6.99. The van der Waals surface area contributed by atoms with Gasteiger partial charge >= 0.3 is 0 Å². The standard InChI is InChI=1S/C28H24BrCl2N3O4/c1-17-21(11-22(30)12-23(17)31)14-32-27(35)24-25(38-16-37-15-19-5-3-2-4-6-19)28(36)34-26(33-24)20-9-7-18(13-29)8-10-20/h2-12H,13-16H2,1H3,(H,32,35)(H,33,34,36). The fraction of sp³-hybridized carbons (Fsp3) is 0.179. The molecule has 0 aliphatic carbocycles. The van der Waals surface area contributed by atoms with Crippen LogP contribution in [0.15, 0.2) is 71.5 Å². The van der Waals surface area contributed by atoms with Gasteiger partial charge in [0.15, 0.2) is 12.5 Å². The SMILES string of the molecule is Cc1c(Cl)cc(Cl)cc1CNC(=O)c1nc(-c2ccc(CBr)cc2)[nH]c(=O)c1OCOCc1ccccc1. The Morgan fingerprint density at radius 2 is 1.79 bits per heavy atom. The first-order chi connectivity index (χ1) is 18.4. The summed E-state index contributed by atoms with van der Waals surface area (Å²) in [5.74, 6) is -0.596. The smallest absolute Gasteiger partial charge is 0.294 e. The Labute approximate surface area is 238 Å². The molecule has 4 aromatic rings. The van der Waals surface area contributed by atoms with Crippen LogP contribution in [0.2, 0.25) is 10.0 Å². The van der Waals surface area contributed by atoms with Crippen LogP contribution in [0.5, 0.6) is 5.75 Å². The van der Waals surface area contributed by atoms with Crippen molar-refractivity contribution >= 4 is 45.0 Å². The molecule has 2 N–H and O–H groups in total. The van der Waals surface area contributed by atoms with E-state index in [1.807, 2.05) is 61.5 Å². The third kappa shape index (κ3) is 7.02. The molecular formula is C28H24BrCl2N3O4. The van der Waals surface area contributed by atoms with E-state index in [4.69, 9.17) is 32.7 Å². The second kappa shape index (κ2) is 13.1. The Morgan fingerprint density at radius 1 is 1.05 bits per heavy atom. The van der Waals surface area contributed by atoms with E-state index < -0.39 is 11.5 Å². The molecule has 196 valence electrons. The summed E-state index contributed by atoms with van der Waals surface area (Å²) in [4.78, 5) is 33.5. The zero-order valence-electron chi connectivity index (χ0n) is 20.4. The predicted molar refractivity (Wildman–Crippen MR) is 152 cm³/mol. The number of aromatic amines is 1. The Balaban J connectivity index is 1.59. The van der Waals surface area contributed by atoms with Gasteiger partial charge in [0.1, 0.15) is 5.82 Å². The lowest BCUT2D eigenvalue weighted by Gasteiger charge is -2.14. The molecule has 0 aliphatic rings. The van der Waals surface area contributed by atoms with Crippen LogP contribution in [0.25, 0.3) is 11.4 Å². The first-order valence-corrected chi connectivity index (χ1v) is 13.5. The van der Waals surface area contributed by atoms with Crippen LogP contribution >= 0.6 is 39.1 Å². The second-order valence-electron chi connectivity index (χ2n) is 8.37. The lowest BCUT2D eigenvalue weighted by atomic mass is 10.1. The van der Waals surface area contributed by atoms with E-state index in [9.17, 15) is 9.59 Å². The fourth-order valence-electron chi connectivity index (χ4n) is 3.61. The quantitative estimate of drug-likeness (QED) is 0.122. The van der Waals surface area contributed by atoms with Crippen molar-refractivity contribution in [2.24, 2.45) is 0 Å². The number of carbonyl (C=O) groups excluding carboxylic acids is 1. The minimum atomic E-state index is -0.602. The van der Waals surface area contributed by atoms with Crippen LogP contribution in [0, 0.1) is 6.92 Å². The highest BCUT2D eigenvalue weighted by atomic mass is 79.9. The van der Waals surface area contributed by atoms with E-state index in [0.717, 1.165) is 22.3 Å². The molecule has 0 bridgehead atoms. The Morgan fingerprint density at radius 3 is 2.50 bits per heavy atom. The van der Waals surface area contributed by atoms with Gasteiger partial charge in [0.25, 0.3) is 11.5 Å². The molecule has 0 atom stereocenters. The summed E-state index contributed by atoms with van der Waals surface area (Å²) in [5.41, 5.74) is 3.40. The Kier molecular flexibility index (Phi) is 9.58. The van der Waals surface area contributed by atoms with Crippen molar-refractivity contribution in [2.45, 2.75) is 25.4 Å². The molecule has 0 saturated carbocycles. The highest BCUT2D eigenvalue weighted by Crippen LogP contribution is 2.25. The molecule has 0 saturated heterocycles. The largest absolute Gasteiger partial charge is 0.459 e. The van der Waals surface area contributed by atoms with Gasteiger partial charge < -0.3 is 19.8 Å². The van der Waals surface area contributed by atoms with E-state index in [1.165, 1.54) is 0 Å². The molecule has 1 aromatic heterocycles. The summed E-state index contributed by atoms with van der Waals surface area (Å²) in [6, 6.07) is 20.3. The number of nitrogens with one attached hydrogen (secondary N) is 2. The summed E-state index contributed by atoms with van der Waals surface area (Å²) in [5, 5.41) is 4.42. The molecule has 0 unspecified atom stereocenters. The average molecular weight is 617 g/mol. The van der Waals surface area contributed by atoms with E-state index in [2.05, 4.69) is 31.2 Å². The van der Waals surface area contributed by atoms with Crippen LogP contribution < -0.4 is 15.6 Å². The van der Waals surface area contributed by atoms with Gasteiger partial charge in [-0.25, -0.2) is 4.98 Å². The Bertz CT molecular complexity index is 1480. The number of amides is 1. The van der Waals surface area contributed by atoms with Crippen molar-refractivity contribution in [1.82, 2.24) is 15.3 Å². The highest BCUT2D eigenvalue weighted by Gasteiger charge is 2.21. The zero-order chi connectivity index (χ0) is 27.1. The molecule has 4 rings (SSSR count). The van der Waals surface area contributed by atoms with Crippen molar-refractivity contribution < 1.29 is 14.3 Å². The van der Waals surface area contributed by atoms with E-state index in [1.54, 1.807) is 12.1 Å². The van der Waals surface area contributed by atoms with Gasteiger partial charge in [-0.3, -0.25) is 9.59 Å². The monoisotopic (exact) mass is 615 g/mol. The molecule has 0 aliphatic heterocycles. The second-order valence-corrected chi connectivity index (χ2v) is 9.78. The number of hydrogen-bond donors (Lipinski definition) is 2. The molecule has 1 amide bonds. The third-order valence-electron chi connectivity index (χ3n) is 5.73. The van der Waals surface area contributed by atoms with E-state index >= 15 is 0 Å². The van der Waals surface area contributed by atoms with Crippen molar-refractivity contribution in [1.29, 1.82) is 0 Å². The molecule has 0 spiro atoms. The fourth-order valence-corrected chi connectivity index (χ4v) is 4.52.